The zero-order valence-corrected chi connectivity index (χ0v) is 22.0. The monoisotopic (exact) mass is 515 g/mol. The highest BCUT2D eigenvalue weighted by atomic mass is 16.5. The zero-order chi connectivity index (χ0) is 26.6. The van der Waals surface area contributed by atoms with Gasteiger partial charge in [0.1, 0.15) is 23.3 Å². The molecule has 4 aromatic rings. The van der Waals surface area contributed by atoms with Crippen molar-refractivity contribution in [3.05, 3.63) is 76.4 Å². The van der Waals surface area contributed by atoms with E-state index >= 15 is 0 Å². The molecule has 1 atom stereocenters. The summed E-state index contributed by atoms with van der Waals surface area (Å²) >= 11 is 0. The number of fused-ring (bicyclic) bond motifs is 2. The van der Waals surface area contributed by atoms with Crippen molar-refractivity contribution >= 4 is 33.7 Å². The average molecular weight is 516 g/mol. The number of hydrogen-bond acceptors (Lipinski definition) is 9. The Bertz CT molecular complexity index is 1490. The lowest BCUT2D eigenvalue weighted by molar-refractivity contribution is -0.142. The molecule has 2 aromatic carbocycles. The van der Waals surface area contributed by atoms with Crippen LogP contribution in [0.3, 0.4) is 0 Å². The molecular formula is C29H33N5O4. The van der Waals surface area contributed by atoms with Gasteiger partial charge in [0.2, 0.25) is 0 Å². The number of hydrogen-bond donors (Lipinski definition) is 1. The summed E-state index contributed by atoms with van der Waals surface area (Å²) in [5.74, 6) is 1.04. The minimum absolute atomic E-state index is 0.0257. The van der Waals surface area contributed by atoms with Gasteiger partial charge >= 0.3 is 5.97 Å². The van der Waals surface area contributed by atoms with Crippen molar-refractivity contribution in [3.8, 4) is 0 Å². The van der Waals surface area contributed by atoms with Crippen molar-refractivity contribution in [3.63, 3.8) is 0 Å². The first-order chi connectivity index (χ1) is 18.4. The van der Waals surface area contributed by atoms with Gasteiger partial charge in [-0.1, -0.05) is 38.1 Å². The normalized spacial score (nSPS) is 15.7. The van der Waals surface area contributed by atoms with Crippen LogP contribution in [0.4, 0.5) is 5.82 Å². The van der Waals surface area contributed by atoms with E-state index in [9.17, 15) is 9.59 Å². The van der Waals surface area contributed by atoms with Crippen molar-refractivity contribution in [2.75, 3.05) is 38.6 Å². The maximum absolute atomic E-state index is 12.9. The number of para-hydroxylation sites is 2. The molecule has 0 spiro atoms. The molecule has 0 saturated carbocycles. The number of nitrogens with zero attached hydrogens (tertiary/aromatic N) is 4. The quantitative estimate of drug-likeness (QED) is 0.352. The Kier molecular flexibility index (Phi) is 7.67. The molecule has 0 bridgehead atoms. The number of aromatic nitrogens is 2. The molecule has 0 radical (unpaired) electrons. The van der Waals surface area contributed by atoms with E-state index in [1.165, 1.54) is 7.11 Å². The molecule has 1 N–H and O–H groups in total. The molecule has 0 amide bonds. The van der Waals surface area contributed by atoms with Gasteiger partial charge in [-0.3, -0.25) is 14.6 Å². The molecule has 9 heteroatoms. The SMILES string of the molecule is COC(=O)[C@@H](Nc1nc(CN2CCN(Cc3coc4ccccc4c3=O)CC2)nc2ccccc12)C(C)C. The summed E-state index contributed by atoms with van der Waals surface area (Å²) in [6.07, 6.45) is 1.59. The maximum atomic E-state index is 12.9. The maximum Gasteiger partial charge on any atom is 0.328 e. The molecule has 1 aliphatic rings. The second kappa shape index (κ2) is 11.3. The molecule has 1 aliphatic heterocycles. The topological polar surface area (TPSA) is 101 Å². The van der Waals surface area contributed by atoms with Crippen molar-refractivity contribution in [2.24, 2.45) is 5.92 Å². The largest absolute Gasteiger partial charge is 0.467 e. The van der Waals surface area contributed by atoms with E-state index in [0.717, 1.165) is 37.1 Å². The first-order valence-corrected chi connectivity index (χ1v) is 13.0. The van der Waals surface area contributed by atoms with Gasteiger partial charge in [0, 0.05) is 43.7 Å². The van der Waals surface area contributed by atoms with Crippen LogP contribution in [0.5, 0.6) is 0 Å². The summed E-state index contributed by atoms with van der Waals surface area (Å²) in [7, 11) is 1.40. The Morgan fingerprint density at radius 2 is 1.63 bits per heavy atom. The highest BCUT2D eigenvalue weighted by Crippen LogP contribution is 2.23. The third kappa shape index (κ3) is 5.54. The first kappa shape index (κ1) is 25.8. The summed E-state index contributed by atoms with van der Waals surface area (Å²) in [6.45, 7) is 8.40. The molecule has 9 nitrogen and oxygen atoms in total. The molecule has 38 heavy (non-hydrogen) atoms. The van der Waals surface area contributed by atoms with Gasteiger partial charge in [-0.15, -0.1) is 0 Å². The van der Waals surface area contributed by atoms with Gasteiger partial charge in [-0.25, -0.2) is 14.8 Å². The predicted octanol–water partition coefficient (Wildman–Crippen LogP) is 3.66. The fourth-order valence-electron chi connectivity index (χ4n) is 4.85. The highest BCUT2D eigenvalue weighted by molar-refractivity contribution is 5.91. The van der Waals surface area contributed by atoms with E-state index in [0.29, 0.717) is 41.3 Å². The molecule has 1 fully saturated rings. The minimum Gasteiger partial charge on any atom is -0.467 e. The van der Waals surface area contributed by atoms with Crippen molar-refractivity contribution in [1.82, 2.24) is 19.8 Å². The Balaban J connectivity index is 1.27. The number of benzene rings is 2. The standard InChI is InChI=1S/C29H33N5O4/c1-19(2)26(29(36)37-3)32-28-21-8-4-6-10-23(21)30-25(31-28)17-34-14-12-33(13-15-34)16-20-18-38-24-11-7-5-9-22(24)27(20)35/h4-11,18-19,26H,12-17H2,1-3H3,(H,30,31,32)/t26-/m0/s1. The van der Waals surface area contributed by atoms with Gasteiger partial charge in [-0.05, 0) is 30.2 Å². The number of anilines is 1. The summed E-state index contributed by atoms with van der Waals surface area (Å²) in [6, 6.07) is 14.6. The van der Waals surface area contributed by atoms with E-state index in [2.05, 4.69) is 15.1 Å². The molecule has 0 unspecified atom stereocenters. The molecule has 0 aliphatic carbocycles. The first-order valence-electron chi connectivity index (χ1n) is 13.0. The van der Waals surface area contributed by atoms with Gasteiger partial charge in [0.15, 0.2) is 5.43 Å². The van der Waals surface area contributed by atoms with Gasteiger partial charge in [0.25, 0.3) is 0 Å². The third-order valence-electron chi connectivity index (χ3n) is 7.04. The van der Waals surface area contributed by atoms with Crippen LogP contribution < -0.4 is 10.7 Å². The molecule has 5 rings (SSSR count). The van der Waals surface area contributed by atoms with Crippen molar-refractivity contribution in [1.29, 1.82) is 0 Å². The number of methoxy groups -OCH3 is 1. The predicted molar refractivity (Wildman–Crippen MR) is 147 cm³/mol. The fraction of sp³-hybridized carbons (Fsp3) is 0.379. The number of rotatable bonds is 8. The Morgan fingerprint density at radius 3 is 2.34 bits per heavy atom. The lowest BCUT2D eigenvalue weighted by Crippen LogP contribution is -2.46. The smallest absolute Gasteiger partial charge is 0.328 e. The summed E-state index contributed by atoms with van der Waals surface area (Å²) in [4.78, 5) is 39.5. The number of nitrogens with one attached hydrogen (secondary N) is 1. The van der Waals surface area contributed by atoms with E-state index in [1.54, 1.807) is 6.26 Å². The number of piperazine rings is 1. The second-order valence-electron chi connectivity index (χ2n) is 10.0. The van der Waals surface area contributed by atoms with Crippen molar-refractivity contribution < 1.29 is 13.9 Å². The number of esters is 1. The third-order valence-corrected chi connectivity index (χ3v) is 7.04. The number of carbonyl (C=O) groups excluding carboxylic acids is 1. The van der Waals surface area contributed by atoms with Gasteiger partial charge < -0.3 is 14.5 Å². The Labute approximate surface area is 221 Å². The van der Waals surface area contributed by atoms with Gasteiger partial charge in [0.05, 0.1) is 30.8 Å². The van der Waals surface area contributed by atoms with Crippen LogP contribution in [0.1, 0.15) is 25.2 Å². The van der Waals surface area contributed by atoms with E-state index in [4.69, 9.17) is 19.1 Å². The Hall–Kier alpha value is -3.82. The second-order valence-corrected chi connectivity index (χ2v) is 10.0. The average Bonchev–Trinajstić information content (AvgIpc) is 2.93. The molecular weight excluding hydrogens is 482 g/mol. The molecule has 1 saturated heterocycles. The van der Waals surface area contributed by atoms with Crippen LogP contribution in [-0.4, -0.2) is 65.1 Å². The van der Waals surface area contributed by atoms with Crippen LogP contribution in [0.15, 0.2) is 64.0 Å². The van der Waals surface area contributed by atoms with Crippen LogP contribution in [0.25, 0.3) is 21.9 Å². The van der Waals surface area contributed by atoms with E-state index < -0.39 is 6.04 Å². The summed E-state index contributed by atoms with van der Waals surface area (Å²) in [5.41, 5.74) is 2.15. The van der Waals surface area contributed by atoms with Crippen LogP contribution in [0, 0.1) is 5.92 Å². The zero-order valence-electron chi connectivity index (χ0n) is 22.0. The molecule has 198 valence electrons. The van der Waals surface area contributed by atoms with Crippen LogP contribution in [-0.2, 0) is 22.6 Å². The minimum atomic E-state index is -0.512. The van der Waals surface area contributed by atoms with Crippen LogP contribution >= 0.6 is 0 Å². The molecule has 2 aromatic heterocycles. The summed E-state index contributed by atoms with van der Waals surface area (Å²) < 4.78 is 10.7. The number of ether oxygens (including phenoxy) is 1. The Morgan fingerprint density at radius 1 is 0.974 bits per heavy atom. The summed E-state index contributed by atoms with van der Waals surface area (Å²) in [5, 5.41) is 4.80. The van der Waals surface area contributed by atoms with Crippen LogP contribution in [0.2, 0.25) is 0 Å². The number of carbonyl (C=O) groups is 1. The highest BCUT2D eigenvalue weighted by Gasteiger charge is 2.25. The lowest BCUT2D eigenvalue weighted by atomic mass is 10.0. The lowest BCUT2D eigenvalue weighted by Gasteiger charge is -2.34. The molecule has 3 heterocycles. The van der Waals surface area contributed by atoms with Crippen molar-refractivity contribution in [2.45, 2.75) is 33.0 Å². The van der Waals surface area contributed by atoms with E-state index in [-0.39, 0.29) is 17.3 Å². The van der Waals surface area contributed by atoms with Gasteiger partial charge in [-0.2, -0.15) is 0 Å². The van der Waals surface area contributed by atoms with E-state index in [1.807, 2.05) is 62.4 Å². The fourth-order valence-corrected chi connectivity index (χ4v) is 4.85.